The number of aliphatic hydroxyl groups is 1. The van der Waals surface area contributed by atoms with Crippen LogP contribution < -0.4 is 20.1 Å². The van der Waals surface area contributed by atoms with Gasteiger partial charge in [0.05, 0.1) is 40.4 Å². The van der Waals surface area contributed by atoms with Gasteiger partial charge in [-0.1, -0.05) is 69.3 Å². The van der Waals surface area contributed by atoms with Gasteiger partial charge in [-0.25, -0.2) is 4.98 Å². The summed E-state index contributed by atoms with van der Waals surface area (Å²) >= 11 is 3.03. The van der Waals surface area contributed by atoms with Crippen molar-refractivity contribution in [1.29, 1.82) is 0 Å². The molecule has 0 unspecified atom stereocenters. The number of fused-ring (bicyclic) bond motifs is 3. The first-order valence-corrected chi connectivity index (χ1v) is 24.7. The van der Waals surface area contributed by atoms with Crippen LogP contribution in [0.2, 0.25) is 0 Å². The fourth-order valence-corrected chi connectivity index (χ4v) is 10.9. The summed E-state index contributed by atoms with van der Waals surface area (Å²) in [6, 6.07) is 14.5. The Labute approximate surface area is 421 Å². The van der Waals surface area contributed by atoms with E-state index in [1.807, 2.05) is 56.5 Å². The van der Waals surface area contributed by atoms with Crippen molar-refractivity contribution in [2.24, 2.45) is 10.4 Å². The molecule has 3 aromatic heterocycles. The van der Waals surface area contributed by atoms with Gasteiger partial charge in [0.25, 0.3) is 5.91 Å². The number of thiazole rings is 1. The predicted octanol–water partition coefficient (Wildman–Crippen LogP) is 8.37. The molecule has 72 heavy (non-hydrogen) atoms. The highest BCUT2D eigenvalue weighted by Gasteiger charge is 2.45. The molecule has 3 amide bonds. The van der Waals surface area contributed by atoms with Gasteiger partial charge in [-0.3, -0.25) is 28.7 Å². The fourth-order valence-electron chi connectivity index (χ4n) is 8.90. The molecule has 5 heterocycles. The Bertz CT molecular complexity index is 3070. The van der Waals surface area contributed by atoms with Crippen molar-refractivity contribution in [3.8, 4) is 38.1 Å². The molecule has 378 valence electrons. The fraction of sp³-hybridized carbons (Fsp3) is 0.373. The minimum atomic E-state index is -5.11. The van der Waals surface area contributed by atoms with Crippen LogP contribution in [0.1, 0.15) is 97.1 Å². The molecule has 3 aromatic carbocycles. The number of likely N-dealkylation sites (tertiary alicyclic amines) is 1. The lowest BCUT2D eigenvalue weighted by molar-refractivity contribution is -0.274. The number of nitrogens with one attached hydrogen (secondary N) is 2. The van der Waals surface area contributed by atoms with Crippen molar-refractivity contribution in [3.05, 3.63) is 117 Å². The molecule has 2 aliphatic heterocycles. The molecule has 1 fully saturated rings. The average molecular weight is 1030 g/mol. The van der Waals surface area contributed by atoms with Gasteiger partial charge >= 0.3 is 12.3 Å². The zero-order valence-corrected chi connectivity index (χ0v) is 42.3. The van der Waals surface area contributed by atoms with Crippen molar-refractivity contribution < 1.29 is 52.0 Å². The van der Waals surface area contributed by atoms with E-state index in [1.54, 1.807) is 57.5 Å². The summed E-state index contributed by atoms with van der Waals surface area (Å²) in [5.74, 6) is -2.74. The lowest BCUT2D eigenvalue weighted by Crippen LogP contribution is -2.58. The van der Waals surface area contributed by atoms with Gasteiger partial charge in [0.2, 0.25) is 11.8 Å². The number of aromatic nitrogens is 4. The van der Waals surface area contributed by atoms with Crippen LogP contribution in [0.25, 0.3) is 26.6 Å². The van der Waals surface area contributed by atoms with Crippen LogP contribution in [0.5, 0.6) is 11.5 Å². The number of hydrogen-bond donors (Lipinski definition) is 4. The summed E-state index contributed by atoms with van der Waals surface area (Å²) < 4.78 is 53.8. The quantitative estimate of drug-likeness (QED) is 0.0814. The number of nitrogens with zero attached hydrogens (tertiary/aromatic N) is 6. The molecular weight excluding hydrogens is 974 g/mol. The minimum absolute atomic E-state index is 0.0187. The molecule has 0 saturated carbocycles. The number of thiophene rings is 1. The van der Waals surface area contributed by atoms with E-state index in [1.165, 1.54) is 39.7 Å². The standard InChI is InChI=1S/C51H53F3N8O8S2/c1-25-28(4)72-49-42(25)43(57-37(21-41(65)66)46-60-59-29(5)62(46)49)32-13-11-31(12-14-32)36-18-17-35(20-39(36)70-51(52,53)54)69-23-40(64)58-45(50(6,7)8)48(68)61-22-34(63)19-38(61)47(67)56-26(2)30-9-15-33(16-10-30)44-27(3)55-24-71-44/h9-18,20,24,26,34,37-38,45,63H,19,21-23H2,1-8H3,(H,56,67)(H,58,64)(H,65,66)/t26-,34+,37-,38-,45+/m0/s1. The van der Waals surface area contributed by atoms with Crippen molar-refractivity contribution in [2.75, 3.05) is 13.2 Å². The van der Waals surface area contributed by atoms with Gasteiger partial charge in [0.1, 0.15) is 40.5 Å². The maximum Gasteiger partial charge on any atom is 0.573 e. The zero-order chi connectivity index (χ0) is 52.0. The number of ether oxygens (including phenoxy) is 2. The second-order valence-corrected chi connectivity index (χ2v) is 21.0. The third-order valence-corrected chi connectivity index (χ3v) is 14.9. The number of benzene rings is 3. The maximum absolute atomic E-state index is 14.3. The molecule has 2 aliphatic rings. The number of aliphatic hydroxyl groups excluding tert-OH is 1. The van der Waals surface area contributed by atoms with Crippen LogP contribution in [0.4, 0.5) is 13.2 Å². The first kappa shape index (κ1) is 51.4. The van der Waals surface area contributed by atoms with Crippen LogP contribution in [0.15, 0.2) is 77.2 Å². The maximum atomic E-state index is 14.3. The molecular formula is C51H53F3N8O8S2. The lowest BCUT2D eigenvalue weighted by atomic mass is 9.85. The summed E-state index contributed by atoms with van der Waals surface area (Å²) in [5.41, 5.74) is 6.77. The van der Waals surface area contributed by atoms with E-state index >= 15 is 0 Å². The Morgan fingerprint density at radius 2 is 1.60 bits per heavy atom. The Morgan fingerprint density at radius 1 is 0.917 bits per heavy atom. The van der Waals surface area contributed by atoms with Crippen molar-refractivity contribution in [1.82, 2.24) is 35.3 Å². The molecule has 5 atom stereocenters. The Morgan fingerprint density at radius 3 is 2.24 bits per heavy atom. The Kier molecular flexibility index (Phi) is 14.5. The highest BCUT2D eigenvalue weighted by Crippen LogP contribution is 2.41. The second kappa shape index (κ2) is 20.3. The number of aryl methyl sites for hydroxylation is 3. The van der Waals surface area contributed by atoms with Crippen molar-refractivity contribution >= 4 is 52.1 Å². The number of carboxylic acid groups (broad SMARTS) is 1. The van der Waals surface area contributed by atoms with Gasteiger partial charge in [0, 0.05) is 40.6 Å². The van der Waals surface area contributed by atoms with Gasteiger partial charge < -0.3 is 35.2 Å². The molecule has 0 bridgehead atoms. The molecule has 0 radical (unpaired) electrons. The van der Waals surface area contributed by atoms with Crippen LogP contribution >= 0.6 is 22.7 Å². The number of alkyl halides is 3. The van der Waals surface area contributed by atoms with Gasteiger partial charge in [0.15, 0.2) is 12.4 Å². The van der Waals surface area contributed by atoms with E-state index in [4.69, 9.17) is 9.73 Å². The van der Waals surface area contributed by atoms with Crippen LogP contribution in [0.3, 0.4) is 0 Å². The van der Waals surface area contributed by atoms with Crippen LogP contribution in [-0.2, 0) is 19.2 Å². The van der Waals surface area contributed by atoms with Crippen molar-refractivity contribution in [2.45, 2.75) is 105 Å². The topological polar surface area (TPSA) is 210 Å². The normalized spacial score (nSPS) is 17.5. The Hall–Kier alpha value is -6.97. The Balaban J connectivity index is 0.965. The number of β-amino-alcohol motifs (C(OH)–C–C–N with tert-alkyl or cyclic N) is 1. The molecule has 16 nitrogen and oxygen atoms in total. The smallest absolute Gasteiger partial charge is 0.484 e. The summed E-state index contributed by atoms with van der Waals surface area (Å²) in [4.78, 5) is 66.1. The number of halogens is 3. The lowest BCUT2D eigenvalue weighted by Gasteiger charge is -2.35. The number of aliphatic carboxylic acids is 1. The second-order valence-electron chi connectivity index (χ2n) is 18.9. The first-order valence-electron chi connectivity index (χ1n) is 23.0. The summed E-state index contributed by atoms with van der Waals surface area (Å²) in [7, 11) is 0. The van der Waals surface area contributed by atoms with Gasteiger partial charge in [-0.2, -0.15) is 0 Å². The summed E-state index contributed by atoms with van der Waals surface area (Å²) in [6.45, 7) is 13.7. The number of carbonyl (C=O) groups is 4. The highest BCUT2D eigenvalue weighted by molar-refractivity contribution is 7.15. The third kappa shape index (κ3) is 10.9. The van der Waals surface area contributed by atoms with Crippen LogP contribution in [-0.4, -0.2) is 102 Å². The van der Waals surface area contributed by atoms with Gasteiger partial charge in [-0.15, -0.1) is 46.0 Å². The molecule has 6 aromatic rings. The highest BCUT2D eigenvalue weighted by atomic mass is 32.1. The molecule has 8 rings (SSSR count). The number of carbonyl (C=O) groups excluding carboxylic acids is 3. The van der Waals surface area contributed by atoms with Crippen LogP contribution in [0, 0.1) is 33.1 Å². The van der Waals surface area contributed by atoms with E-state index in [0.29, 0.717) is 28.5 Å². The van der Waals surface area contributed by atoms with Crippen molar-refractivity contribution in [3.63, 3.8) is 0 Å². The average Bonchev–Trinajstić information content (AvgIpc) is 4.08. The minimum Gasteiger partial charge on any atom is -0.484 e. The molecule has 1 saturated heterocycles. The number of amides is 3. The number of aliphatic imine (C=N–C) groups is 1. The predicted molar refractivity (Wildman–Crippen MR) is 264 cm³/mol. The number of carboxylic acids is 1. The summed E-state index contributed by atoms with van der Waals surface area (Å²) in [5, 5.41) is 35.5. The summed E-state index contributed by atoms with van der Waals surface area (Å²) in [6.07, 6.45) is -6.48. The molecule has 0 aliphatic carbocycles. The molecule has 0 spiro atoms. The van der Waals surface area contributed by atoms with E-state index in [-0.39, 0.29) is 30.7 Å². The zero-order valence-electron chi connectivity index (χ0n) is 40.6. The molecule has 4 N–H and O–H groups in total. The molecule has 21 heteroatoms. The largest absolute Gasteiger partial charge is 0.573 e. The SMILES string of the molecule is Cc1ncsc1-c1ccc([C@H](C)NC(=O)[C@@H]2C[C@@H](O)CN2C(=O)[C@@H](NC(=O)COc2ccc(-c3ccc(C4=N[C@@H](CC(=O)O)c5nnc(C)n5-c5sc(C)c(C)c54)cc3)c(OC(F)(F)F)c2)C(C)(C)C)cc1. The van der Waals surface area contributed by atoms with E-state index in [2.05, 4.69) is 30.6 Å². The van der Waals surface area contributed by atoms with Gasteiger partial charge in [-0.05, 0) is 74.4 Å². The van der Waals surface area contributed by atoms with E-state index in [0.717, 1.165) is 48.8 Å². The number of rotatable bonds is 14. The first-order chi connectivity index (χ1) is 34.0. The van der Waals surface area contributed by atoms with E-state index < -0.39 is 78.1 Å². The van der Waals surface area contributed by atoms with E-state index in [9.17, 15) is 42.6 Å². The third-order valence-electron chi connectivity index (χ3n) is 12.7. The number of hydrogen-bond acceptors (Lipinski definition) is 13. The monoisotopic (exact) mass is 1030 g/mol.